The van der Waals surface area contributed by atoms with E-state index in [1.165, 1.54) is 23.2 Å². The Balaban J connectivity index is 1.55. The fourth-order valence-corrected chi connectivity index (χ4v) is 3.79. The molecule has 0 saturated heterocycles. The van der Waals surface area contributed by atoms with Crippen LogP contribution in [0.3, 0.4) is 0 Å². The number of ether oxygens (including phenoxy) is 2. The molecule has 5 nitrogen and oxygen atoms in total. The van der Waals surface area contributed by atoms with Gasteiger partial charge in [-0.25, -0.2) is 9.97 Å². The number of fused-ring (bicyclic) bond motifs is 2. The van der Waals surface area contributed by atoms with Crippen LogP contribution in [-0.2, 0) is 25.7 Å². The molecule has 5 heteroatoms. The summed E-state index contributed by atoms with van der Waals surface area (Å²) in [6, 6.07) is 6.09. The van der Waals surface area contributed by atoms with Crippen molar-refractivity contribution < 1.29 is 9.47 Å². The SMILES string of the molecule is CNc1nc(C[C@H]2COc3c(cccc3OC)C2)nc2c1CCC2. The van der Waals surface area contributed by atoms with E-state index in [1.807, 2.05) is 19.2 Å². The van der Waals surface area contributed by atoms with Crippen molar-refractivity contribution in [3.05, 3.63) is 40.8 Å². The number of rotatable bonds is 4. The zero-order valence-corrected chi connectivity index (χ0v) is 14.3. The Hall–Kier alpha value is -2.30. The number of nitrogens with zero attached hydrogens (tertiary/aromatic N) is 2. The highest BCUT2D eigenvalue weighted by molar-refractivity contribution is 5.49. The van der Waals surface area contributed by atoms with Crippen molar-refractivity contribution in [1.29, 1.82) is 0 Å². The average Bonchev–Trinajstić information content (AvgIpc) is 3.08. The molecule has 1 aliphatic heterocycles. The Morgan fingerprint density at radius 3 is 3.04 bits per heavy atom. The van der Waals surface area contributed by atoms with Crippen LogP contribution in [0.4, 0.5) is 5.82 Å². The summed E-state index contributed by atoms with van der Waals surface area (Å²) < 4.78 is 11.4. The lowest BCUT2D eigenvalue weighted by atomic mass is 9.93. The molecule has 126 valence electrons. The van der Waals surface area contributed by atoms with Crippen LogP contribution in [0.1, 0.15) is 29.1 Å². The van der Waals surface area contributed by atoms with Gasteiger partial charge in [0, 0.05) is 30.6 Å². The van der Waals surface area contributed by atoms with Gasteiger partial charge in [-0.15, -0.1) is 0 Å². The normalized spacial score (nSPS) is 18.5. The van der Waals surface area contributed by atoms with Gasteiger partial charge in [-0.2, -0.15) is 0 Å². The number of benzene rings is 1. The third-order valence-corrected chi connectivity index (χ3v) is 4.94. The molecule has 2 aromatic rings. The molecule has 4 rings (SSSR count). The molecule has 2 heterocycles. The van der Waals surface area contributed by atoms with E-state index in [1.54, 1.807) is 7.11 Å². The molecule has 0 saturated carbocycles. The summed E-state index contributed by atoms with van der Waals surface area (Å²) in [7, 11) is 3.62. The van der Waals surface area contributed by atoms with Gasteiger partial charge in [0.15, 0.2) is 11.5 Å². The molecular formula is C19H23N3O2. The number of hydrogen-bond donors (Lipinski definition) is 1. The Bertz CT molecular complexity index is 761. The fourth-order valence-electron chi connectivity index (χ4n) is 3.79. The summed E-state index contributed by atoms with van der Waals surface area (Å²) in [5.74, 6) is 4.04. The first-order valence-corrected chi connectivity index (χ1v) is 8.63. The van der Waals surface area contributed by atoms with Gasteiger partial charge in [-0.05, 0) is 37.3 Å². The average molecular weight is 325 g/mol. The molecule has 1 aromatic carbocycles. The summed E-state index contributed by atoms with van der Waals surface area (Å²) in [4.78, 5) is 9.56. The van der Waals surface area contributed by atoms with Crippen LogP contribution < -0.4 is 14.8 Å². The summed E-state index contributed by atoms with van der Waals surface area (Å²) in [6.45, 7) is 0.683. The smallest absolute Gasteiger partial charge is 0.164 e. The zero-order chi connectivity index (χ0) is 16.5. The summed E-state index contributed by atoms with van der Waals surface area (Å²) in [5, 5.41) is 3.24. The number of para-hydroxylation sites is 1. The first-order chi connectivity index (χ1) is 11.8. The number of aryl methyl sites for hydroxylation is 1. The third-order valence-electron chi connectivity index (χ3n) is 4.94. The van der Waals surface area contributed by atoms with Crippen molar-refractivity contribution in [1.82, 2.24) is 9.97 Å². The molecular weight excluding hydrogens is 302 g/mol. The van der Waals surface area contributed by atoms with E-state index in [-0.39, 0.29) is 0 Å². The highest BCUT2D eigenvalue weighted by atomic mass is 16.5. The first kappa shape index (κ1) is 15.2. The molecule has 2 aliphatic rings. The van der Waals surface area contributed by atoms with E-state index in [0.717, 1.165) is 48.8 Å². The number of aromatic nitrogens is 2. The highest BCUT2D eigenvalue weighted by Gasteiger charge is 2.25. The van der Waals surface area contributed by atoms with Crippen LogP contribution >= 0.6 is 0 Å². The summed E-state index contributed by atoms with van der Waals surface area (Å²) in [6.07, 6.45) is 5.16. The maximum atomic E-state index is 5.98. The molecule has 0 spiro atoms. The number of nitrogens with one attached hydrogen (secondary N) is 1. The predicted octanol–water partition coefficient (Wildman–Crippen LogP) is 2.81. The highest BCUT2D eigenvalue weighted by Crippen LogP contribution is 2.36. The topological polar surface area (TPSA) is 56.3 Å². The molecule has 1 aliphatic carbocycles. The lowest BCUT2D eigenvalue weighted by Gasteiger charge is -2.26. The summed E-state index contributed by atoms with van der Waals surface area (Å²) >= 11 is 0. The molecule has 1 aromatic heterocycles. The number of methoxy groups -OCH3 is 1. The van der Waals surface area contributed by atoms with Crippen molar-refractivity contribution in [2.75, 3.05) is 26.1 Å². The molecule has 24 heavy (non-hydrogen) atoms. The van der Waals surface area contributed by atoms with E-state index in [2.05, 4.69) is 11.4 Å². The van der Waals surface area contributed by atoms with Gasteiger partial charge >= 0.3 is 0 Å². The van der Waals surface area contributed by atoms with Gasteiger partial charge in [0.05, 0.1) is 13.7 Å². The van der Waals surface area contributed by atoms with Crippen molar-refractivity contribution in [2.24, 2.45) is 5.92 Å². The second-order valence-electron chi connectivity index (χ2n) is 6.55. The van der Waals surface area contributed by atoms with E-state index in [9.17, 15) is 0 Å². The fraction of sp³-hybridized carbons (Fsp3) is 0.474. The Morgan fingerprint density at radius 2 is 2.21 bits per heavy atom. The number of hydrogen-bond acceptors (Lipinski definition) is 5. The second kappa shape index (κ2) is 6.30. The lowest BCUT2D eigenvalue weighted by molar-refractivity contribution is 0.209. The third kappa shape index (κ3) is 2.68. The van der Waals surface area contributed by atoms with Crippen LogP contribution in [0.25, 0.3) is 0 Å². The van der Waals surface area contributed by atoms with Crippen molar-refractivity contribution in [3.8, 4) is 11.5 Å². The van der Waals surface area contributed by atoms with Crippen molar-refractivity contribution in [3.63, 3.8) is 0 Å². The maximum Gasteiger partial charge on any atom is 0.164 e. The molecule has 1 N–H and O–H groups in total. The van der Waals surface area contributed by atoms with Crippen molar-refractivity contribution in [2.45, 2.75) is 32.1 Å². The standard InChI is InChI=1S/C19H23N3O2/c1-20-19-14-6-4-7-15(14)21-17(22-19)10-12-9-13-5-3-8-16(23-2)18(13)24-11-12/h3,5,8,12H,4,6-7,9-11H2,1-2H3,(H,20,21,22)/t12-/m0/s1. The van der Waals surface area contributed by atoms with Gasteiger partial charge < -0.3 is 14.8 Å². The Morgan fingerprint density at radius 1 is 1.29 bits per heavy atom. The molecule has 0 fully saturated rings. The Labute approximate surface area is 142 Å². The quantitative estimate of drug-likeness (QED) is 0.937. The predicted molar refractivity (Wildman–Crippen MR) is 93.0 cm³/mol. The van der Waals surface area contributed by atoms with Gasteiger partial charge in [0.1, 0.15) is 11.6 Å². The molecule has 0 radical (unpaired) electrons. The number of anilines is 1. The zero-order valence-electron chi connectivity index (χ0n) is 14.3. The molecule has 0 bridgehead atoms. The molecule has 1 atom stereocenters. The van der Waals surface area contributed by atoms with Gasteiger partial charge in [-0.3, -0.25) is 0 Å². The maximum absolute atomic E-state index is 5.98. The monoisotopic (exact) mass is 325 g/mol. The van der Waals surface area contributed by atoms with E-state index < -0.39 is 0 Å². The van der Waals surface area contributed by atoms with E-state index in [4.69, 9.17) is 19.4 Å². The van der Waals surface area contributed by atoms with Gasteiger partial charge in [-0.1, -0.05) is 12.1 Å². The van der Waals surface area contributed by atoms with E-state index in [0.29, 0.717) is 12.5 Å². The van der Waals surface area contributed by atoms with E-state index >= 15 is 0 Å². The van der Waals surface area contributed by atoms with Crippen molar-refractivity contribution >= 4 is 5.82 Å². The lowest BCUT2D eigenvalue weighted by Crippen LogP contribution is -2.24. The van der Waals surface area contributed by atoms with Crippen LogP contribution in [-0.4, -0.2) is 30.7 Å². The largest absolute Gasteiger partial charge is 0.493 e. The molecule has 0 amide bonds. The Kier molecular flexibility index (Phi) is 4.00. The van der Waals surface area contributed by atoms with Crippen LogP contribution in [0.5, 0.6) is 11.5 Å². The van der Waals surface area contributed by atoms with Crippen LogP contribution in [0, 0.1) is 5.92 Å². The molecule has 0 unspecified atom stereocenters. The minimum Gasteiger partial charge on any atom is -0.493 e. The van der Waals surface area contributed by atoms with Gasteiger partial charge in [0.2, 0.25) is 0 Å². The first-order valence-electron chi connectivity index (χ1n) is 8.63. The second-order valence-corrected chi connectivity index (χ2v) is 6.55. The minimum atomic E-state index is 0.397. The van der Waals surface area contributed by atoms with Gasteiger partial charge in [0.25, 0.3) is 0 Å². The summed E-state index contributed by atoms with van der Waals surface area (Å²) in [5.41, 5.74) is 3.74. The minimum absolute atomic E-state index is 0.397. The van der Waals surface area contributed by atoms with Crippen LogP contribution in [0.2, 0.25) is 0 Å². The van der Waals surface area contributed by atoms with Crippen LogP contribution in [0.15, 0.2) is 18.2 Å².